The van der Waals surface area contributed by atoms with Crippen LogP contribution in [0.5, 0.6) is 0 Å². The fourth-order valence-corrected chi connectivity index (χ4v) is 3.60. The third-order valence-corrected chi connectivity index (χ3v) is 5.07. The predicted octanol–water partition coefficient (Wildman–Crippen LogP) is -1.23. The van der Waals surface area contributed by atoms with E-state index in [4.69, 9.17) is 21.3 Å². The Labute approximate surface area is 151 Å². The highest BCUT2D eigenvalue weighted by atomic mass is 32.2. The van der Waals surface area contributed by atoms with Crippen LogP contribution in [0.3, 0.4) is 0 Å². The number of Topliss-reactive ketones (excluding diaryl/α,β-unsaturated/α-hetero) is 1. The summed E-state index contributed by atoms with van der Waals surface area (Å²) >= 11 is 1.34. The molecule has 0 saturated carbocycles. The molecule has 0 spiro atoms. The lowest BCUT2D eigenvalue weighted by molar-refractivity contribution is -0.138. The van der Waals surface area contributed by atoms with E-state index in [-0.39, 0.29) is 18.0 Å². The number of ketones is 1. The van der Waals surface area contributed by atoms with E-state index in [1.54, 1.807) is 0 Å². The molecule has 3 rings (SSSR count). The van der Waals surface area contributed by atoms with Crippen LogP contribution in [0.2, 0.25) is 0 Å². The van der Waals surface area contributed by atoms with E-state index in [1.165, 1.54) is 29.0 Å². The van der Waals surface area contributed by atoms with Gasteiger partial charge < -0.3 is 26.4 Å². The van der Waals surface area contributed by atoms with Crippen molar-refractivity contribution in [2.24, 2.45) is 5.73 Å². The standard InChI is InChI=1S/C14H18N6O5S/c15-6(14(23)24)1-2-26-3-7-9(21)10(22)13(25-7)20-5-19-8-11(16)17-4-18-12(8)20/h4-7,10,13,22H,1-3,15H2,(H,23,24)(H2,16,17,18)/t6-,7-,10-,13-/m1/s1. The molecule has 140 valence electrons. The summed E-state index contributed by atoms with van der Waals surface area (Å²) in [4.78, 5) is 34.9. The number of aliphatic hydroxyl groups is 1. The van der Waals surface area contributed by atoms with Gasteiger partial charge in [0.1, 0.15) is 24.0 Å². The van der Waals surface area contributed by atoms with Crippen LogP contribution in [0.15, 0.2) is 12.7 Å². The summed E-state index contributed by atoms with van der Waals surface area (Å²) in [5, 5.41) is 19.0. The average Bonchev–Trinajstić information content (AvgIpc) is 3.15. The molecule has 1 fully saturated rings. The molecule has 0 aromatic carbocycles. The first-order valence-corrected chi connectivity index (χ1v) is 8.92. The fourth-order valence-electron chi connectivity index (χ4n) is 2.56. The number of carbonyl (C=O) groups excluding carboxylic acids is 1. The van der Waals surface area contributed by atoms with Crippen molar-refractivity contribution in [1.82, 2.24) is 19.5 Å². The Morgan fingerprint density at radius 2 is 2.19 bits per heavy atom. The van der Waals surface area contributed by atoms with Gasteiger partial charge >= 0.3 is 5.97 Å². The lowest BCUT2D eigenvalue weighted by atomic mass is 10.2. The van der Waals surface area contributed by atoms with Crippen molar-refractivity contribution >= 4 is 40.5 Å². The summed E-state index contributed by atoms with van der Waals surface area (Å²) in [6.45, 7) is 0. The van der Waals surface area contributed by atoms with Gasteiger partial charge in [0.25, 0.3) is 0 Å². The highest BCUT2D eigenvalue weighted by molar-refractivity contribution is 7.99. The Kier molecular flexibility index (Phi) is 5.36. The number of carboxylic acids is 1. The maximum Gasteiger partial charge on any atom is 0.320 e. The molecule has 0 amide bonds. The summed E-state index contributed by atoms with van der Waals surface area (Å²) in [6, 6.07) is -0.941. The lowest BCUT2D eigenvalue weighted by Crippen LogP contribution is -2.31. The van der Waals surface area contributed by atoms with Crippen LogP contribution in [-0.2, 0) is 14.3 Å². The minimum atomic E-state index is -1.37. The summed E-state index contributed by atoms with van der Waals surface area (Å²) < 4.78 is 7.13. The zero-order valence-electron chi connectivity index (χ0n) is 13.6. The van der Waals surface area contributed by atoms with Crippen molar-refractivity contribution in [2.45, 2.75) is 30.9 Å². The molecule has 1 aliphatic heterocycles. The topological polar surface area (TPSA) is 179 Å². The number of hydrogen-bond acceptors (Lipinski definition) is 10. The minimum absolute atomic E-state index is 0.189. The number of carboxylic acid groups (broad SMARTS) is 1. The van der Waals surface area contributed by atoms with Crippen molar-refractivity contribution in [3.05, 3.63) is 12.7 Å². The predicted molar refractivity (Wildman–Crippen MR) is 92.2 cm³/mol. The van der Waals surface area contributed by atoms with Gasteiger partial charge in [-0.25, -0.2) is 15.0 Å². The molecule has 3 heterocycles. The number of fused-ring (bicyclic) bond motifs is 1. The van der Waals surface area contributed by atoms with Gasteiger partial charge in [-0.15, -0.1) is 0 Å². The Bertz CT molecular complexity index is 829. The van der Waals surface area contributed by atoms with Crippen LogP contribution >= 0.6 is 11.8 Å². The van der Waals surface area contributed by atoms with E-state index in [0.717, 1.165) is 0 Å². The Hall–Kier alpha value is -2.28. The molecular formula is C14H18N6O5S. The Balaban J connectivity index is 1.65. The number of imidazole rings is 1. The van der Waals surface area contributed by atoms with Crippen molar-refractivity contribution in [2.75, 3.05) is 17.2 Å². The van der Waals surface area contributed by atoms with Crippen molar-refractivity contribution in [3.8, 4) is 0 Å². The molecule has 0 bridgehead atoms. The molecule has 2 aromatic rings. The second-order valence-corrected chi connectivity index (χ2v) is 6.90. The molecule has 1 saturated heterocycles. The number of thioether (sulfide) groups is 1. The summed E-state index contributed by atoms with van der Waals surface area (Å²) in [5.74, 6) is -0.590. The highest BCUT2D eigenvalue weighted by Crippen LogP contribution is 2.30. The van der Waals surface area contributed by atoms with E-state index in [9.17, 15) is 14.7 Å². The number of aromatic nitrogens is 4. The number of nitrogen functional groups attached to an aromatic ring is 1. The first-order valence-electron chi connectivity index (χ1n) is 7.76. The molecule has 6 N–H and O–H groups in total. The van der Waals surface area contributed by atoms with Crippen LogP contribution in [0.1, 0.15) is 12.6 Å². The van der Waals surface area contributed by atoms with E-state index >= 15 is 0 Å². The Morgan fingerprint density at radius 1 is 1.42 bits per heavy atom. The van der Waals surface area contributed by atoms with E-state index < -0.39 is 36.2 Å². The summed E-state index contributed by atoms with van der Waals surface area (Å²) in [5.41, 5.74) is 11.9. The summed E-state index contributed by atoms with van der Waals surface area (Å²) in [7, 11) is 0. The van der Waals surface area contributed by atoms with Gasteiger partial charge in [-0.1, -0.05) is 0 Å². The van der Waals surface area contributed by atoms with Crippen molar-refractivity contribution < 1.29 is 24.5 Å². The zero-order valence-corrected chi connectivity index (χ0v) is 14.4. The van der Waals surface area contributed by atoms with E-state index in [0.29, 0.717) is 16.9 Å². The van der Waals surface area contributed by atoms with Crippen LogP contribution in [0.4, 0.5) is 5.82 Å². The van der Waals surface area contributed by atoms with Crippen molar-refractivity contribution in [3.63, 3.8) is 0 Å². The zero-order chi connectivity index (χ0) is 18.8. The molecule has 0 radical (unpaired) electrons. The second-order valence-electron chi connectivity index (χ2n) is 5.75. The van der Waals surface area contributed by atoms with Crippen LogP contribution in [0, 0.1) is 0 Å². The second kappa shape index (κ2) is 7.53. The maximum atomic E-state index is 12.3. The largest absolute Gasteiger partial charge is 0.480 e. The normalized spacial score (nSPS) is 24.2. The molecule has 0 unspecified atom stereocenters. The highest BCUT2D eigenvalue weighted by Gasteiger charge is 2.43. The quantitative estimate of drug-likeness (QED) is 0.421. The SMILES string of the molecule is Nc1ncnc2c1ncn2[C@@H]1O[C@H](CSCC[C@@H](N)C(=O)O)C(=O)[C@H]1O. The number of ether oxygens (including phenoxy) is 1. The molecule has 1 aliphatic rings. The number of nitrogens with zero attached hydrogens (tertiary/aromatic N) is 4. The van der Waals surface area contributed by atoms with E-state index in [2.05, 4.69) is 15.0 Å². The van der Waals surface area contributed by atoms with E-state index in [1.807, 2.05) is 0 Å². The number of aliphatic hydroxyl groups excluding tert-OH is 1. The van der Waals surface area contributed by atoms with Gasteiger partial charge in [-0.05, 0) is 12.2 Å². The van der Waals surface area contributed by atoms with Gasteiger partial charge in [-0.3, -0.25) is 14.2 Å². The first kappa shape index (κ1) is 18.5. The smallest absolute Gasteiger partial charge is 0.320 e. The lowest BCUT2D eigenvalue weighted by Gasteiger charge is -2.15. The minimum Gasteiger partial charge on any atom is -0.480 e. The monoisotopic (exact) mass is 382 g/mol. The van der Waals surface area contributed by atoms with Crippen LogP contribution < -0.4 is 11.5 Å². The number of anilines is 1. The van der Waals surface area contributed by atoms with Gasteiger partial charge in [0.05, 0.1) is 6.33 Å². The molecule has 2 aromatic heterocycles. The first-order chi connectivity index (χ1) is 12.4. The summed E-state index contributed by atoms with van der Waals surface area (Å²) in [6.07, 6.45) is -0.229. The van der Waals surface area contributed by atoms with Crippen LogP contribution in [0.25, 0.3) is 11.2 Å². The number of aliphatic carboxylic acids is 1. The van der Waals surface area contributed by atoms with Gasteiger partial charge in [-0.2, -0.15) is 11.8 Å². The number of nitrogens with two attached hydrogens (primary N) is 2. The Morgan fingerprint density at radius 3 is 2.92 bits per heavy atom. The third-order valence-electron chi connectivity index (χ3n) is 4.00. The van der Waals surface area contributed by atoms with Gasteiger partial charge in [0, 0.05) is 5.75 Å². The molecular weight excluding hydrogens is 364 g/mol. The molecule has 4 atom stereocenters. The van der Waals surface area contributed by atoms with Gasteiger partial charge in [0.2, 0.25) is 0 Å². The maximum absolute atomic E-state index is 12.3. The molecule has 12 heteroatoms. The van der Waals surface area contributed by atoms with Crippen molar-refractivity contribution in [1.29, 1.82) is 0 Å². The number of carbonyl (C=O) groups is 2. The molecule has 26 heavy (non-hydrogen) atoms. The molecule has 0 aliphatic carbocycles. The average molecular weight is 382 g/mol. The van der Waals surface area contributed by atoms with Crippen LogP contribution in [-0.4, -0.2) is 71.2 Å². The fraction of sp³-hybridized carbons (Fsp3) is 0.500. The number of hydrogen-bond donors (Lipinski definition) is 4. The number of rotatable bonds is 7. The van der Waals surface area contributed by atoms with Gasteiger partial charge in [0.15, 0.2) is 29.6 Å². The third kappa shape index (κ3) is 3.49. The molecule has 11 nitrogen and oxygen atoms in total.